The van der Waals surface area contributed by atoms with E-state index in [9.17, 15) is 0 Å². The lowest BCUT2D eigenvalue weighted by Crippen LogP contribution is -2.40. The summed E-state index contributed by atoms with van der Waals surface area (Å²) in [6, 6.07) is 19.3. The molecule has 0 aliphatic carbocycles. The van der Waals surface area contributed by atoms with Crippen molar-refractivity contribution in [2.24, 2.45) is 0 Å². The molecule has 0 aromatic heterocycles. The third-order valence-corrected chi connectivity index (χ3v) is 4.01. The van der Waals surface area contributed by atoms with Crippen LogP contribution in [-0.4, -0.2) is 5.60 Å². The van der Waals surface area contributed by atoms with Crippen LogP contribution in [0.4, 0.5) is 0 Å². The lowest BCUT2D eigenvalue weighted by atomic mass is 9.93. The first-order chi connectivity index (χ1) is 9.58. The quantitative estimate of drug-likeness (QED) is 0.897. The van der Waals surface area contributed by atoms with E-state index in [1.807, 2.05) is 18.2 Å². The molecule has 2 aromatic carbocycles. The summed E-state index contributed by atoms with van der Waals surface area (Å²) in [5.74, 6) is 0.996. The van der Waals surface area contributed by atoms with Crippen molar-refractivity contribution in [2.45, 2.75) is 38.5 Å². The Morgan fingerprint density at radius 1 is 1.00 bits per heavy atom. The minimum Gasteiger partial charge on any atom is -0.486 e. The summed E-state index contributed by atoms with van der Waals surface area (Å²) in [7, 11) is 0. The van der Waals surface area contributed by atoms with Crippen LogP contribution in [-0.2, 0) is 0 Å². The molecule has 2 aromatic rings. The molecule has 0 bridgehead atoms. The number of rotatable bonds is 3. The Balaban J connectivity index is 1.86. The van der Waals surface area contributed by atoms with E-state index in [-0.39, 0.29) is 17.7 Å². The molecule has 1 N–H and O–H groups in total. The molecule has 2 unspecified atom stereocenters. The fourth-order valence-corrected chi connectivity index (χ4v) is 2.91. The van der Waals surface area contributed by atoms with Crippen LogP contribution in [0.2, 0.25) is 0 Å². The van der Waals surface area contributed by atoms with E-state index in [2.05, 4.69) is 62.5 Å². The first-order valence-corrected chi connectivity index (χ1v) is 7.17. The zero-order valence-corrected chi connectivity index (χ0v) is 12.3. The zero-order valence-electron chi connectivity index (χ0n) is 12.3. The van der Waals surface area contributed by atoms with Gasteiger partial charge >= 0.3 is 0 Å². The van der Waals surface area contributed by atoms with Crippen molar-refractivity contribution in [3.8, 4) is 5.75 Å². The number of hydrogen-bond donors (Lipinski definition) is 1. The SMILES string of the molecule is CC(NC1c2ccccc2OC1(C)C)c1ccccc1. The molecule has 2 heteroatoms. The van der Waals surface area contributed by atoms with E-state index in [0.717, 1.165) is 5.75 Å². The van der Waals surface area contributed by atoms with Crippen LogP contribution in [0.25, 0.3) is 0 Å². The highest BCUT2D eigenvalue weighted by molar-refractivity contribution is 5.42. The van der Waals surface area contributed by atoms with Gasteiger partial charge in [-0.1, -0.05) is 48.5 Å². The molecule has 0 fully saturated rings. The summed E-state index contributed by atoms with van der Waals surface area (Å²) in [6.45, 7) is 6.48. The third-order valence-electron chi connectivity index (χ3n) is 4.01. The lowest BCUT2D eigenvalue weighted by molar-refractivity contribution is 0.0919. The normalized spacial score (nSPS) is 21.1. The predicted molar refractivity (Wildman–Crippen MR) is 81.9 cm³/mol. The highest BCUT2D eigenvalue weighted by Gasteiger charge is 2.41. The maximum atomic E-state index is 6.08. The molecule has 2 nitrogen and oxygen atoms in total. The van der Waals surface area contributed by atoms with Crippen molar-refractivity contribution in [1.82, 2.24) is 5.32 Å². The van der Waals surface area contributed by atoms with Gasteiger partial charge in [0.15, 0.2) is 0 Å². The Morgan fingerprint density at radius 3 is 2.40 bits per heavy atom. The van der Waals surface area contributed by atoms with Crippen LogP contribution in [0, 0.1) is 0 Å². The Labute approximate surface area is 120 Å². The largest absolute Gasteiger partial charge is 0.486 e. The smallest absolute Gasteiger partial charge is 0.125 e. The number of benzene rings is 2. The monoisotopic (exact) mass is 267 g/mol. The molecule has 1 heterocycles. The second-order valence-corrected chi connectivity index (χ2v) is 5.98. The van der Waals surface area contributed by atoms with Crippen LogP contribution in [0.15, 0.2) is 54.6 Å². The molecule has 0 saturated heterocycles. The lowest BCUT2D eigenvalue weighted by Gasteiger charge is -2.30. The summed E-state index contributed by atoms with van der Waals surface area (Å²) in [5, 5.41) is 3.72. The second kappa shape index (κ2) is 4.95. The van der Waals surface area contributed by atoms with Gasteiger partial charge in [0, 0.05) is 11.6 Å². The van der Waals surface area contributed by atoms with E-state index in [1.54, 1.807) is 0 Å². The van der Waals surface area contributed by atoms with E-state index in [1.165, 1.54) is 11.1 Å². The molecule has 0 spiro atoms. The Kier molecular flexibility index (Phi) is 3.27. The van der Waals surface area contributed by atoms with Crippen molar-refractivity contribution in [2.75, 3.05) is 0 Å². The fraction of sp³-hybridized carbons (Fsp3) is 0.333. The Bertz CT molecular complexity index is 591. The summed E-state index contributed by atoms with van der Waals surface area (Å²) >= 11 is 0. The second-order valence-electron chi connectivity index (χ2n) is 5.98. The minimum absolute atomic E-state index is 0.203. The van der Waals surface area contributed by atoms with E-state index >= 15 is 0 Å². The van der Waals surface area contributed by atoms with Crippen LogP contribution in [0.3, 0.4) is 0 Å². The fourth-order valence-electron chi connectivity index (χ4n) is 2.91. The first kappa shape index (κ1) is 13.2. The number of fused-ring (bicyclic) bond motifs is 1. The van der Waals surface area contributed by atoms with Crippen molar-refractivity contribution in [3.05, 3.63) is 65.7 Å². The first-order valence-electron chi connectivity index (χ1n) is 7.17. The number of ether oxygens (including phenoxy) is 1. The maximum Gasteiger partial charge on any atom is 0.125 e. The Hall–Kier alpha value is -1.80. The van der Waals surface area contributed by atoms with Gasteiger partial charge in [-0.25, -0.2) is 0 Å². The van der Waals surface area contributed by atoms with Gasteiger partial charge in [0.05, 0.1) is 6.04 Å². The van der Waals surface area contributed by atoms with E-state index < -0.39 is 0 Å². The van der Waals surface area contributed by atoms with Gasteiger partial charge in [-0.15, -0.1) is 0 Å². The highest BCUT2D eigenvalue weighted by Crippen LogP contribution is 2.43. The summed E-state index contributed by atoms with van der Waals surface area (Å²) in [5.41, 5.74) is 2.32. The molecular formula is C18H21NO. The summed E-state index contributed by atoms with van der Waals surface area (Å²) < 4.78 is 6.08. The molecule has 3 rings (SSSR count). The summed E-state index contributed by atoms with van der Waals surface area (Å²) in [4.78, 5) is 0. The molecule has 0 radical (unpaired) electrons. The number of nitrogens with one attached hydrogen (secondary N) is 1. The van der Waals surface area contributed by atoms with Gasteiger partial charge in [0.2, 0.25) is 0 Å². The molecule has 1 aliphatic rings. The van der Waals surface area contributed by atoms with Gasteiger partial charge in [0.1, 0.15) is 11.4 Å². The predicted octanol–water partition coefficient (Wildman–Crippen LogP) is 4.25. The zero-order chi connectivity index (χ0) is 14.2. The Morgan fingerprint density at radius 2 is 1.65 bits per heavy atom. The number of para-hydroxylation sites is 1. The van der Waals surface area contributed by atoms with Gasteiger partial charge in [-0.3, -0.25) is 5.32 Å². The molecular weight excluding hydrogens is 246 g/mol. The third kappa shape index (κ3) is 2.32. The molecule has 20 heavy (non-hydrogen) atoms. The van der Waals surface area contributed by atoms with E-state index in [4.69, 9.17) is 4.74 Å². The standard InChI is InChI=1S/C18H21NO/c1-13(14-9-5-4-6-10-14)19-17-15-11-7-8-12-16(15)20-18(17,2)3/h4-13,17,19H,1-3H3. The van der Waals surface area contributed by atoms with Crippen molar-refractivity contribution in [1.29, 1.82) is 0 Å². The van der Waals surface area contributed by atoms with Gasteiger partial charge in [-0.05, 0) is 32.4 Å². The molecule has 0 amide bonds. The van der Waals surface area contributed by atoms with Crippen molar-refractivity contribution in [3.63, 3.8) is 0 Å². The minimum atomic E-state index is -0.229. The molecule has 2 atom stereocenters. The highest BCUT2D eigenvalue weighted by atomic mass is 16.5. The van der Waals surface area contributed by atoms with Crippen LogP contribution >= 0.6 is 0 Å². The topological polar surface area (TPSA) is 21.3 Å². The average Bonchev–Trinajstić information content (AvgIpc) is 2.70. The van der Waals surface area contributed by atoms with Gasteiger partial charge in [0.25, 0.3) is 0 Å². The van der Waals surface area contributed by atoms with Gasteiger partial charge < -0.3 is 4.74 Å². The maximum absolute atomic E-state index is 6.08. The van der Waals surface area contributed by atoms with Crippen molar-refractivity contribution >= 4 is 0 Å². The van der Waals surface area contributed by atoms with Gasteiger partial charge in [-0.2, -0.15) is 0 Å². The molecule has 104 valence electrons. The van der Waals surface area contributed by atoms with E-state index in [0.29, 0.717) is 0 Å². The average molecular weight is 267 g/mol. The number of hydrogen-bond acceptors (Lipinski definition) is 2. The molecule has 0 saturated carbocycles. The summed E-state index contributed by atoms with van der Waals surface area (Å²) in [6.07, 6.45) is 0. The molecule has 1 aliphatic heterocycles. The van der Waals surface area contributed by atoms with Crippen LogP contribution in [0.5, 0.6) is 5.75 Å². The van der Waals surface area contributed by atoms with Crippen LogP contribution in [0.1, 0.15) is 44.0 Å². The van der Waals surface area contributed by atoms with Crippen molar-refractivity contribution < 1.29 is 4.74 Å². The van der Waals surface area contributed by atoms with Crippen LogP contribution < -0.4 is 10.1 Å².